The lowest BCUT2D eigenvalue weighted by Gasteiger charge is -2.10. The van der Waals surface area contributed by atoms with Gasteiger partial charge < -0.3 is 0 Å². The fraction of sp³-hybridized carbons (Fsp3) is 0.571. The molecule has 0 aromatic carbocycles. The molecule has 1 amide bonds. The molecule has 0 N–H and O–H groups in total. The Morgan fingerprint density at radius 3 is 2.69 bits per heavy atom. The summed E-state index contributed by atoms with van der Waals surface area (Å²) >= 11 is 0.990. The molecule has 1 aromatic heterocycles. The highest BCUT2D eigenvalue weighted by Crippen LogP contribution is 2.26. The Balaban J connectivity index is 2.24. The lowest BCUT2D eigenvalue weighted by molar-refractivity contribution is -0.117. The predicted octanol–water partition coefficient (Wildman–Crippen LogP) is 0.251. The standard InChI is InChI=1S/C7H8FN3O3S2/c1-4-9-7(15-10-4)11-3-5(2-6(11)12)16(8,13)14/h5H,2-3H2,1H3. The van der Waals surface area contributed by atoms with Crippen molar-refractivity contribution in [2.75, 3.05) is 11.4 Å². The molecule has 1 atom stereocenters. The highest BCUT2D eigenvalue weighted by atomic mass is 32.3. The number of hydrogen-bond acceptors (Lipinski definition) is 6. The predicted molar refractivity (Wildman–Crippen MR) is 55.4 cm³/mol. The van der Waals surface area contributed by atoms with Gasteiger partial charge in [-0.05, 0) is 6.92 Å². The third-order valence-corrected chi connectivity index (χ3v) is 4.18. The molecule has 2 heterocycles. The number of carbonyl (C=O) groups is 1. The third kappa shape index (κ3) is 2.05. The number of rotatable bonds is 2. The van der Waals surface area contributed by atoms with Gasteiger partial charge in [-0.1, -0.05) is 0 Å². The van der Waals surface area contributed by atoms with Gasteiger partial charge in [0, 0.05) is 24.5 Å². The molecular weight excluding hydrogens is 257 g/mol. The molecule has 9 heteroatoms. The third-order valence-electron chi connectivity index (χ3n) is 2.24. The second kappa shape index (κ2) is 3.74. The van der Waals surface area contributed by atoms with Crippen molar-refractivity contribution < 1.29 is 17.1 Å². The van der Waals surface area contributed by atoms with Crippen molar-refractivity contribution in [1.82, 2.24) is 9.36 Å². The van der Waals surface area contributed by atoms with Crippen molar-refractivity contribution in [1.29, 1.82) is 0 Å². The fourth-order valence-electron chi connectivity index (χ4n) is 1.44. The number of halogens is 1. The first-order valence-electron chi connectivity index (χ1n) is 4.42. The molecular formula is C7H8FN3O3S2. The molecule has 16 heavy (non-hydrogen) atoms. The normalized spacial score (nSPS) is 21.8. The van der Waals surface area contributed by atoms with Crippen LogP contribution in [0.15, 0.2) is 0 Å². The van der Waals surface area contributed by atoms with E-state index in [0.717, 1.165) is 16.4 Å². The Bertz CT molecular complexity index is 527. The van der Waals surface area contributed by atoms with E-state index >= 15 is 0 Å². The average molecular weight is 265 g/mol. The van der Waals surface area contributed by atoms with Crippen molar-refractivity contribution >= 4 is 32.8 Å². The summed E-state index contributed by atoms with van der Waals surface area (Å²) < 4.78 is 38.0. The van der Waals surface area contributed by atoms with E-state index < -0.39 is 21.4 Å². The van der Waals surface area contributed by atoms with Crippen LogP contribution in [0.25, 0.3) is 0 Å². The van der Waals surface area contributed by atoms with Crippen molar-refractivity contribution in [3.63, 3.8) is 0 Å². The first kappa shape index (κ1) is 11.4. The number of aromatic nitrogens is 2. The number of amides is 1. The van der Waals surface area contributed by atoms with E-state index in [1.807, 2.05) is 0 Å². The molecule has 1 unspecified atom stereocenters. The summed E-state index contributed by atoms with van der Waals surface area (Å²) in [7, 11) is -4.68. The minimum atomic E-state index is -4.68. The quantitative estimate of drug-likeness (QED) is 0.716. The highest BCUT2D eigenvalue weighted by molar-refractivity contribution is 7.87. The van der Waals surface area contributed by atoms with Crippen LogP contribution >= 0.6 is 11.5 Å². The van der Waals surface area contributed by atoms with E-state index in [0.29, 0.717) is 11.0 Å². The van der Waals surface area contributed by atoms with E-state index in [4.69, 9.17) is 0 Å². The van der Waals surface area contributed by atoms with Crippen LogP contribution < -0.4 is 4.90 Å². The average Bonchev–Trinajstić information content (AvgIpc) is 2.70. The van der Waals surface area contributed by atoms with Gasteiger partial charge in [-0.2, -0.15) is 12.8 Å². The maximum atomic E-state index is 12.7. The van der Waals surface area contributed by atoms with Crippen LogP contribution in [0.1, 0.15) is 12.2 Å². The summed E-state index contributed by atoms with van der Waals surface area (Å²) in [6.07, 6.45) is -0.336. The summed E-state index contributed by atoms with van der Waals surface area (Å²) in [6.45, 7) is 1.47. The van der Waals surface area contributed by atoms with Crippen LogP contribution in [0.3, 0.4) is 0 Å². The lowest BCUT2D eigenvalue weighted by Crippen LogP contribution is -2.26. The van der Waals surface area contributed by atoms with Crippen LogP contribution in [0, 0.1) is 6.92 Å². The van der Waals surface area contributed by atoms with E-state index in [1.165, 1.54) is 0 Å². The molecule has 6 nitrogen and oxygen atoms in total. The molecule has 88 valence electrons. The molecule has 2 rings (SSSR count). The molecule has 0 bridgehead atoms. The largest absolute Gasteiger partial charge is 0.307 e. The first-order valence-corrected chi connectivity index (χ1v) is 6.64. The second-order valence-corrected chi connectivity index (χ2v) is 5.78. The molecule has 1 aliphatic heterocycles. The van der Waals surface area contributed by atoms with Gasteiger partial charge in [0.2, 0.25) is 11.0 Å². The molecule has 0 spiro atoms. The monoisotopic (exact) mass is 265 g/mol. The van der Waals surface area contributed by atoms with E-state index in [-0.39, 0.29) is 13.0 Å². The lowest BCUT2D eigenvalue weighted by atomic mass is 10.4. The van der Waals surface area contributed by atoms with Crippen LogP contribution in [0.5, 0.6) is 0 Å². The molecule has 1 aromatic rings. The number of nitrogens with zero attached hydrogens (tertiary/aromatic N) is 3. The van der Waals surface area contributed by atoms with Gasteiger partial charge in [-0.3, -0.25) is 9.69 Å². The number of carbonyl (C=O) groups excluding carboxylic acids is 1. The Morgan fingerprint density at radius 2 is 2.25 bits per heavy atom. The molecule has 0 aliphatic carbocycles. The van der Waals surface area contributed by atoms with Gasteiger partial charge in [0.1, 0.15) is 11.1 Å². The van der Waals surface area contributed by atoms with Crippen LogP contribution in [-0.2, 0) is 15.0 Å². The van der Waals surface area contributed by atoms with Crippen molar-refractivity contribution in [3.8, 4) is 0 Å². The molecule has 0 radical (unpaired) electrons. The SMILES string of the molecule is Cc1nsc(N2CC(S(=O)(=O)F)CC2=O)n1. The van der Waals surface area contributed by atoms with Crippen LogP contribution in [0.4, 0.5) is 9.02 Å². The van der Waals surface area contributed by atoms with E-state index in [1.54, 1.807) is 6.92 Å². The van der Waals surface area contributed by atoms with Crippen molar-refractivity contribution in [2.24, 2.45) is 0 Å². The maximum Gasteiger partial charge on any atom is 0.307 e. The number of anilines is 1. The van der Waals surface area contributed by atoms with Crippen LogP contribution in [0.2, 0.25) is 0 Å². The van der Waals surface area contributed by atoms with Gasteiger partial charge in [0.05, 0.1) is 0 Å². The van der Waals surface area contributed by atoms with Gasteiger partial charge in [0.25, 0.3) is 0 Å². The summed E-state index contributed by atoms with van der Waals surface area (Å²) in [6, 6.07) is 0. The number of aryl methyl sites for hydroxylation is 1. The topological polar surface area (TPSA) is 80.2 Å². The Kier molecular flexibility index (Phi) is 2.66. The summed E-state index contributed by atoms with van der Waals surface area (Å²) in [5.41, 5.74) is 0. The fourth-order valence-corrected chi connectivity index (χ4v) is 2.82. The number of hydrogen-bond donors (Lipinski definition) is 0. The van der Waals surface area contributed by atoms with Crippen molar-refractivity contribution in [2.45, 2.75) is 18.6 Å². The molecule has 1 saturated heterocycles. The van der Waals surface area contributed by atoms with Crippen LogP contribution in [-0.4, -0.2) is 35.5 Å². The maximum absolute atomic E-state index is 12.7. The van der Waals surface area contributed by atoms with Gasteiger partial charge in [-0.25, -0.2) is 4.98 Å². The zero-order valence-corrected chi connectivity index (χ0v) is 9.89. The minimum Gasteiger partial charge on any atom is -0.285 e. The molecule has 1 aliphatic rings. The molecule has 0 saturated carbocycles. The smallest absolute Gasteiger partial charge is 0.285 e. The van der Waals surface area contributed by atoms with E-state index in [9.17, 15) is 17.1 Å². The summed E-state index contributed by atoms with van der Waals surface area (Å²) in [5.74, 6) is 0.0572. The minimum absolute atomic E-state index is 0.188. The Labute approximate surface area is 95.5 Å². The highest BCUT2D eigenvalue weighted by Gasteiger charge is 2.40. The van der Waals surface area contributed by atoms with Crippen molar-refractivity contribution in [3.05, 3.63) is 5.82 Å². The zero-order chi connectivity index (χ0) is 11.9. The summed E-state index contributed by atoms with van der Waals surface area (Å²) in [5, 5.41) is -0.974. The summed E-state index contributed by atoms with van der Waals surface area (Å²) in [4.78, 5) is 16.6. The van der Waals surface area contributed by atoms with Gasteiger partial charge in [0.15, 0.2) is 0 Å². The van der Waals surface area contributed by atoms with Gasteiger partial charge >= 0.3 is 10.2 Å². The molecule has 1 fully saturated rings. The van der Waals surface area contributed by atoms with Gasteiger partial charge in [-0.15, -0.1) is 3.89 Å². The Hall–Kier alpha value is -1.09. The first-order chi connectivity index (χ1) is 7.38. The van der Waals surface area contributed by atoms with E-state index in [2.05, 4.69) is 9.36 Å². The Morgan fingerprint density at radius 1 is 1.56 bits per heavy atom. The second-order valence-electron chi connectivity index (χ2n) is 3.43. The zero-order valence-electron chi connectivity index (χ0n) is 8.25.